The minimum atomic E-state index is -3.47. The van der Waals surface area contributed by atoms with Crippen LogP contribution in [0.4, 0.5) is 13.6 Å². The summed E-state index contributed by atoms with van der Waals surface area (Å²) in [5.41, 5.74) is 4.70. The van der Waals surface area contributed by atoms with E-state index in [-0.39, 0.29) is 16.1 Å². The van der Waals surface area contributed by atoms with E-state index < -0.39 is 18.1 Å². The molecule has 0 fully saturated rings. The van der Waals surface area contributed by atoms with Gasteiger partial charge in [-0.25, -0.2) is 4.79 Å². The maximum absolute atomic E-state index is 14.7. The number of hydrogen-bond donors (Lipinski definition) is 1. The fourth-order valence-corrected chi connectivity index (χ4v) is 2.13. The summed E-state index contributed by atoms with van der Waals surface area (Å²) in [7, 11) is 0. The maximum Gasteiger partial charge on any atom is 0.405 e. The van der Waals surface area contributed by atoms with Gasteiger partial charge in [0.1, 0.15) is 0 Å². The molecule has 0 aliphatic heterocycles. The van der Waals surface area contributed by atoms with Crippen LogP contribution in [0.25, 0.3) is 0 Å². The van der Waals surface area contributed by atoms with Crippen LogP contribution < -0.4 is 5.73 Å². The lowest BCUT2D eigenvalue weighted by molar-refractivity contribution is -0.119. The molecule has 21 heavy (non-hydrogen) atoms. The number of ether oxygens (including phenoxy) is 1. The van der Waals surface area contributed by atoms with Crippen molar-refractivity contribution in [3.63, 3.8) is 0 Å². The molecular formula is C15H12ClF2NO2. The molecule has 0 bridgehead atoms. The summed E-state index contributed by atoms with van der Waals surface area (Å²) in [6.07, 6.45) is -3.10. The highest BCUT2D eigenvalue weighted by atomic mass is 35.5. The van der Waals surface area contributed by atoms with Gasteiger partial charge < -0.3 is 10.5 Å². The Morgan fingerprint density at radius 2 is 1.81 bits per heavy atom. The lowest BCUT2D eigenvalue weighted by Gasteiger charge is -2.27. The topological polar surface area (TPSA) is 52.3 Å². The third-order valence-electron chi connectivity index (χ3n) is 2.88. The molecule has 6 heteroatoms. The van der Waals surface area contributed by atoms with Gasteiger partial charge in [0.15, 0.2) is 6.10 Å². The van der Waals surface area contributed by atoms with E-state index in [9.17, 15) is 13.6 Å². The van der Waals surface area contributed by atoms with Gasteiger partial charge in [0, 0.05) is 10.6 Å². The molecule has 1 atom stereocenters. The average Bonchev–Trinajstić information content (AvgIpc) is 2.45. The molecule has 0 radical (unpaired) electrons. The van der Waals surface area contributed by atoms with Crippen molar-refractivity contribution in [2.24, 2.45) is 5.73 Å². The Morgan fingerprint density at radius 1 is 1.14 bits per heavy atom. The van der Waals surface area contributed by atoms with E-state index in [1.807, 2.05) is 0 Å². The summed E-state index contributed by atoms with van der Waals surface area (Å²) >= 11 is 5.74. The van der Waals surface area contributed by atoms with Crippen molar-refractivity contribution in [1.82, 2.24) is 0 Å². The Kier molecular flexibility index (Phi) is 4.43. The van der Waals surface area contributed by atoms with Crippen LogP contribution in [0, 0.1) is 0 Å². The molecule has 0 spiro atoms. The molecule has 2 aromatic carbocycles. The molecule has 0 aliphatic carbocycles. The number of primary amides is 1. The van der Waals surface area contributed by atoms with Crippen LogP contribution in [0.3, 0.4) is 0 Å². The van der Waals surface area contributed by atoms with Crippen molar-refractivity contribution in [3.8, 4) is 0 Å². The first-order valence-electron chi connectivity index (χ1n) is 6.06. The largest absolute Gasteiger partial charge is 0.435 e. The number of nitrogens with two attached hydrogens (primary N) is 1. The highest BCUT2D eigenvalue weighted by Crippen LogP contribution is 2.43. The Bertz CT molecular complexity index is 635. The summed E-state index contributed by atoms with van der Waals surface area (Å²) in [4.78, 5) is 11.0. The molecule has 0 aliphatic rings. The molecule has 0 saturated carbocycles. The number of rotatable bonds is 4. The lowest BCUT2D eigenvalue weighted by Crippen LogP contribution is -2.30. The number of alkyl halides is 2. The third-order valence-corrected chi connectivity index (χ3v) is 3.11. The van der Waals surface area contributed by atoms with Crippen LogP contribution in [0.5, 0.6) is 0 Å². The minimum Gasteiger partial charge on any atom is -0.435 e. The normalized spacial score (nSPS) is 12.7. The quantitative estimate of drug-likeness (QED) is 0.916. The smallest absolute Gasteiger partial charge is 0.405 e. The monoisotopic (exact) mass is 311 g/mol. The second kappa shape index (κ2) is 6.10. The van der Waals surface area contributed by atoms with Gasteiger partial charge >= 0.3 is 12.0 Å². The van der Waals surface area contributed by atoms with Crippen molar-refractivity contribution in [2.75, 3.05) is 0 Å². The predicted molar refractivity (Wildman–Crippen MR) is 75.2 cm³/mol. The van der Waals surface area contributed by atoms with Crippen LogP contribution in [-0.2, 0) is 10.7 Å². The zero-order valence-electron chi connectivity index (χ0n) is 10.8. The van der Waals surface area contributed by atoms with Gasteiger partial charge in [-0.3, -0.25) is 0 Å². The first kappa shape index (κ1) is 15.3. The summed E-state index contributed by atoms with van der Waals surface area (Å²) in [5.74, 6) is -3.47. The first-order chi connectivity index (χ1) is 9.91. The molecule has 2 rings (SSSR count). The maximum atomic E-state index is 14.7. The van der Waals surface area contributed by atoms with Crippen LogP contribution in [0.1, 0.15) is 17.2 Å². The minimum absolute atomic E-state index is 0.140. The molecule has 3 nitrogen and oxygen atoms in total. The fraction of sp³-hybridized carbons (Fsp3) is 0.133. The van der Waals surface area contributed by atoms with Crippen LogP contribution in [0.15, 0.2) is 54.6 Å². The lowest BCUT2D eigenvalue weighted by atomic mass is 9.97. The summed E-state index contributed by atoms with van der Waals surface area (Å²) in [5, 5.41) is 0.165. The Labute approximate surface area is 125 Å². The highest BCUT2D eigenvalue weighted by molar-refractivity contribution is 6.30. The van der Waals surface area contributed by atoms with E-state index in [4.69, 9.17) is 17.3 Å². The molecule has 0 heterocycles. The van der Waals surface area contributed by atoms with Crippen molar-refractivity contribution in [1.29, 1.82) is 0 Å². The molecule has 0 aromatic heterocycles. The van der Waals surface area contributed by atoms with Crippen molar-refractivity contribution < 1.29 is 18.3 Å². The van der Waals surface area contributed by atoms with Gasteiger partial charge in [0.25, 0.3) is 0 Å². The molecule has 110 valence electrons. The van der Waals surface area contributed by atoms with E-state index in [1.165, 1.54) is 30.3 Å². The molecular weight excluding hydrogens is 300 g/mol. The Morgan fingerprint density at radius 3 is 2.38 bits per heavy atom. The van der Waals surface area contributed by atoms with Gasteiger partial charge in [-0.15, -0.1) is 0 Å². The number of carbonyl (C=O) groups is 1. The van der Waals surface area contributed by atoms with Crippen molar-refractivity contribution in [2.45, 2.75) is 12.0 Å². The van der Waals surface area contributed by atoms with Crippen LogP contribution >= 0.6 is 11.6 Å². The van der Waals surface area contributed by atoms with Gasteiger partial charge in [0.2, 0.25) is 0 Å². The highest BCUT2D eigenvalue weighted by Gasteiger charge is 2.45. The Balaban J connectivity index is 2.46. The van der Waals surface area contributed by atoms with E-state index in [2.05, 4.69) is 4.74 Å². The van der Waals surface area contributed by atoms with E-state index in [1.54, 1.807) is 18.2 Å². The number of hydrogen-bond acceptors (Lipinski definition) is 2. The van der Waals surface area contributed by atoms with Crippen LogP contribution in [0.2, 0.25) is 5.02 Å². The SMILES string of the molecule is NC(=O)OC(c1ccccc1)C(F)(F)c1cccc(Cl)c1. The standard InChI is InChI=1S/C15H12ClF2NO2/c16-12-8-4-7-11(9-12)15(17,18)13(21-14(19)20)10-5-2-1-3-6-10/h1-9,13H,(H2,19,20). The number of halogens is 3. The second-order valence-corrected chi connectivity index (χ2v) is 4.80. The Hall–Kier alpha value is -2.14. The van der Waals surface area contributed by atoms with Gasteiger partial charge in [-0.2, -0.15) is 8.78 Å². The first-order valence-corrected chi connectivity index (χ1v) is 6.44. The summed E-state index contributed by atoms with van der Waals surface area (Å²) < 4.78 is 34.0. The number of carbonyl (C=O) groups excluding carboxylic acids is 1. The van der Waals surface area contributed by atoms with Gasteiger partial charge in [-0.1, -0.05) is 54.1 Å². The second-order valence-electron chi connectivity index (χ2n) is 4.36. The van der Waals surface area contributed by atoms with Crippen LogP contribution in [-0.4, -0.2) is 6.09 Å². The molecule has 1 amide bonds. The zero-order valence-corrected chi connectivity index (χ0v) is 11.6. The van der Waals surface area contributed by atoms with E-state index in [0.717, 1.165) is 6.07 Å². The summed E-state index contributed by atoms with van der Waals surface area (Å²) in [6, 6.07) is 12.9. The fourth-order valence-electron chi connectivity index (χ4n) is 1.94. The van der Waals surface area contributed by atoms with Crippen molar-refractivity contribution >= 4 is 17.7 Å². The average molecular weight is 312 g/mol. The molecule has 2 aromatic rings. The van der Waals surface area contributed by atoms with Crippen molar-refractivity contribution in [3.05, 3.63) is 70.7 Å². The van der Waals surface area contributed by atoms with E-state index in [0.29, 0.717) is 0 Å². The molecule has 0 saturated heterocycles. The predicted octanol–water partition coefficient (Wildman–Crippen LogP) is 4.27. The number of amides is 1. The molecule has 1 unspecified atom stereocenters. The van der Waals surface area contributed by atoms with Gasteiger partial charge in [0.05, 0.1) is 0 Å². The zero-order chi connectivity index (χ0) is 15.5. The molecule has 2 N–H and O–H groups in total. The van der Waals surface area contributed by atoms with E-state index >= 15 is 0 Å². The third kappa shape index (κ3) is 3.49. The van der Waals surface area contributed by atoms with Gasteiger partial charge in [-0.05, 0) is 17.7 Å². The summed E-state index contributed by atoms with van der Waals surface area (Å²) in [6.45, 7) is 0. The number of benzene rings is 2.